The van der Waals surface area contributed by atoms with E-state index < -0.39 is 6.04 Å². The van der Waals surface area contributed by atoms with Crippen LogP contribution in [0.2, 0.25) is 0 Å². The van der Waals surface area contributed by atoms with Crippen molar-refractivity contribution in [2.75, 3.05) is 5.32 Å². The monoisotopic (exact) mass is 208 g/mol. The van der Waals surface area contributed by atoms with Crippen molar-refractivity contribution in [1.29, 1.82) is 0 Å². The minimum Gasteiger partial charge on any atom is -0.508 e. The Morgan fingerprint density at radius 1 is 1.47 bits per heavy atom. The highest BCUT2D eigenvalue weighted by molar-refractivity contribution is 5.94. The zero-order valence-corrected chi connectivity index (χ0v) is 8.73. The molecule has 0 radical (unpaired) electrons. The van der Waals surface area contributed by atoms with Crippen molar-refractivity contribution in [3.05, 3.63) is 24.3 Å². The highest BCUT2D eigenvalue weighted by Crippen LogP contribution is 2.13. The average molecular weight is 208 g/mol. The minimum absolute atomic E-state index is 0.172. The van der Waals surface area contributed by atoms with E-state index in [1.165, 1.54) is 12.1 Å². The average Bonchev–Trinajstić information content (AvgIpc) is 2.22. The molecule has 0 heterocycles. The lowest BCUT2D eigenvalue weighted by molar-refractivity contribution is -0.117. The lowest BCUT2D eigenvalue weighted by Gasteiger charge is -2.10. The summed E-state index contributed by atoms with van der Waals surface area (Å²) in [6.07, 6.45) is 1.55. The molecule has 4 nitrogen and oxygen atoms in total. The van der Waals surface area contributed by atoms with E-state index in [0.717, 1.165) is 6.42 Å². The van der Waals surface area contributed by atoms with Crippen molar-refractivity contribution in [1.82, 2.24) is 0 Å². The quantitative estimate of drug-likeness (QED) is 0.656. The van der Waals surface area contributed by atoms with E-state index in [1.54, 1.807) is 12.1 Å². The van der Waals surface area contributed by atoms with Crippen molar-refractivity contribution in [2.45, 2.75) is 25.8 Å². The SMILES string of the molecule is CCC[C@@H](N)C(=O)Nc1ccc(O)cc1. The van der Waals surface area contributed by atoms with Crippen molar-refractivity contribution >= 4 is 11.6 Å². The number of hydrogen-bond donors (Lipinski definition) is 3. The molecule has 0 aliphatic carbocycles. The van der Waals surface area contributed by atoms with E-state index in [0.29, 0.717) is 12.1 Å². The van der Waals surface area contributed by atoms with Crippen LogP contribution in [0.4, 0.5) is 5.69 Å². The minimum atomic E-state index is -0.469. The second kappa shape index (κ2) is 5.36. The Hall–Kier alpha value is -1.55. The van der Waals surface area contributed by atoms with Gasteiger partial charge in [0.25, 0.3) is 0 Å². The normalized spacial score (nSPS) is 12.1. The van der Waals surface area contributed by atoms with Crippen LogP contribution in [0, 0.1) is 0 Å². The molecule has 4 heteroatoms. The van der Waals surface area contributed by atoms with Crippen LogP contribution in [-0.4, -0.2) is 17.1 Å². The van der Waals surface area contributed by atoms with Gasteiger partial charge in [-0.1, -0.05) is 13.3 Å². The zero-order chi connectivity index (χ0) is 11.3. The fraction of sp³-hybridized carbons (Fsp3) is 0.364. The molecule has 0 saturated carbocycles. The smallest absolute Gasteiger partial charge is 0.241 e. The summed E-state index contributed by atoms with van der Waals surface area (Å²) < 4.78 is 0. The van der Waals surface area contributed by atoms with Gasteiger partial charge in [-0.15, -0.1) is 0 Å². The molecule has 1 aromatic carbocycles. The summed E-state index contributed by atoms with van der Waals surface area (Å²) in [6, 6.07) is 5.82. The molecule has 0 aromatic heterocycles. The third kappa shape index (κ3) is 3.59. The lowest BCUT2D eigenvalue weighted by atomic mass is 10.1. The number of nitrogens with two attached hydrogens (primary N) is 1. The predicted octanol–water partition coefficient (Wildman–Crippen LogP) is 1.46. The number of amides is 1. The van der Waals surface area contributed by atoms with Gasteiger partial charge in [0.1, 0.15) is 5.75 Å². The number of phenols is 1. The second-order valence-electron chi connectivity index (χ2n) is 3.43. The molecular weight excluding hydrogens is 192 g/mol. The first-order valence-corrected chi connectivity index (χ1v) is 4.99. The van der Waals surface area contributed by atoms with Crippen LogP contribution >= 0.6 is 0 Å². The van der Waals surface area contributed by atoms with Gasteiger partial charge in [-0.05, 0) is 30.7 Å². The van der Waals surface area contributed by atoms with Crippen LogP contribution in [-0.2, 0) is 4.79 Å². The van der Waals surface area contributed by atoms with E-state index in [9.17, 15) is 4.79 Å². The number of phenolic OH excluding ortho intramolecular Hbond substituents is 1. The van der Waals surface area contributed by atoms with Crippen LogP contribution < -0.4 is 11.1 Å². The van der Waals surface area contributed by atoms with E-state index >= 15 is 0 Å². The Morgan fingerprint density at radius 2 is 2.07 bits per heavy atom. The summed E-state index contributed by atoms with van der Waals surface area (Å²) in [6.45, 7) is 1.98. The first-order chi connectivity index (χ1) is 7.13. The summed E-state index contributed by atoms with van der Waals surface area (Å²) in [4.78, 5) is 11.5. The molecule has 0 aliphatic heterocycles. The molecule has 0 unspecified atom stereocenters. The summed E-state index contributed by atoms with van der Waals surface area (Å²) in [5.74, 6) is -0.0200. The largest absolute Gasteiger partial charge is 0.508 e. The van der Waals surface area contributed by atoms with Gasteiger partial charge in [-0.25, -0.2) is 0 Å². The Balaban J connectivity index is 2.54. The number of aromatic hydroxyl groups is 1. The van der Waals surface area contributed by atoms with Crippen LogP contribution in [0.25, 0.3) is 0 Å². The van der Waals surface area contributed by atoms with Gasteiger partial charge in [0.15, 0.2) is 0 Å². The molecule has 0 spiro atoms. The third-order valence-electron chi connectivity index (χ3n) is 2.07. The standard InChI is InChI=1S/C11H16N2O2/c1-2-3-10(12)11(15)13-8-4-6-9(14)7-5-8/h4-7,10,14H,2-3,12H2,1H3,(H,13,15)/t10-/m1/s1. The molecule has 4 N–H and O–H groups in total. The molecule has 0 aliphatic rings. The van der Waals surface area contributed by atoms with Gasteiger partial charge < -0.3 is 16.2 Å². The molecule has 1 rings (SSSR count). The van der Waals surface area contributed by atoms with E-state index in [2.05, 4.69) is 5.32 Å². The van der Waals surface area contributed by atoms with Crippen LogP contribution in [0.15, 0.2) is 24.3 Å². The van der Waals surface area contributed by atoms with Crippen LogP contribution in [0.1, 0.15) is 19.8 Å². The number of anilines is 1. The molecule has 15 heavy (non-hydrogen) atoms. The maximum absolute atomic E-state index is 11.5. The van der Waals surface area contributed by atoms with E-state index in [1.807, 2.05) is 6.92 Å². The van der Waals surface area contributed by atoms with E-state index in [4.69, 9.17) is 10.8 Å². The summed E-state index contributed by atoms with van der Waals surface area (Å²) in [7, 11) is 0. The summed E-state index contributed by atoms with van der Waals surface area (Å²) in [5, 5.41) is 11.7. The maximum Gasteiger partial charge on any atom is 0.241 e. The fourth-order valence-corrected chi connectivity index (χ4v) is 1.22. The number of rotatable bonds is 4. The first-order valence-electron chi connectivity index (χ1n) is 4.99. The number of nitrogens with one attached hydrogen (secondary N) is 1. The topological polar surface area (TPSA) is 75.4 Å². The first kappa shape index (κ1) is 11.5. The number of benzene rings is 1. The highest BCUT2D eigenvalue weighted by atomic mass is 16.3. The van der Waals surface area contributed by atoms with Crippen LogP contribution in [0.3, 0.4) is 0 Å². The molecule has 1 amide bonds. The second-order valence-corrected chi connectivity index (χ2v) is 3.43. The van der Waals surface area contributed by atoms with Crippen molar-refractivity contribution in [3.63, 3.8) is 0 Å². The van der Waals surface area contributed by atoms with E-state index in [-0.39, 0.29) is 11.7 Å². The van der Waals surface area contributed by atoms with Crippen molar-refractivity contribution in [3.8, 4) is 5.75 Å². The molecule has 1 aromatic rings. The number of carbonyl (C=O) groups excluding carboxylic acids is 1. The maximum atomic E-state index is 11.5. The van der Waals surface area contributed by atoms with Crippen LogP contribution in [0.5, 0.6) is 5.75 Å². The summed E-state index contributed by atoms with van der Waals surface area (Å²) in [5.41, 5.74) is 6.29. The van der Waals surface area contributed by atoms with Crippen molar-refractivity contribution in [2.24, 2.45) is 5.73 Å². The van der Waals surface area contributed by atoms with Gasteiger partial charge in [-0.3, -0.25) is 4.79 Å². The lowest BCUT2D eigenvalue weighted by Crippen LogP contribution is -2.35. The molecule has 0 fully saturated rings. The number of carbonyl (C=O) groups is 1. The Bertz CT molecular complexity index is 322. The van der Waals surface area contributed by atoms with Gasteiger partial charge in [0.05, 0.1) is 6.04 Å². The van der Waals surface area contributed by atoms with Gasteiger partial charge in [0, 0.05) is 5.69 Å². The molecule has 82 valence electrons. The number of hydrogen-bond acceptors (Lipinski definition) is 3. The Kier molecular flexibility index (Phi) is 4.12. The molecule has 0 bridgehead atoms. The fourth-order valence-electron chi connectivity index (χ4n) is 1.22. The Labute approximate surface area is 89.1 Å². The highest BCUT2D eigenvalue weighted by Gasteiger charge is 2.11. The van der Waals surface area contributed by atoms with Gasteiger partial charge >= 0.3 is 0 Å². The summed E-state index contributed by atoms with van der Waals surface area (Å²) >= 11 is 0. The van der Waals surface area contributed by atoms with Gasteiger partial charge in [-0.2, -0.15) is 0 Å². The van der Waals surface area contributed by atoms with Gasteiger partial charge in [0.2, 0.25) is 5.91 Å². The Morgan fingerprint density at radius 3 is 2.60 bits per heavy atom. The van der Waals surface area contributed by atoms with Crippen molar-refractivity contribution < 1.29 is 9.90 Å². The molecule has 0 saturated heterocycles. The predicted molar refractivity (Wildman–Crippen MR) is 59.6 cm³/mol. The molecular formula is C11H16N2O2. The molecule has 1 atom stereocenters. The zero-order valence-electron chi connectivity index (χ0n) is 8.73. The third-order valence-corrected chi connectivity index (χ3v) is 2.07.